The molecule has 19 nitrogen and oxygen atoms in total. The summed E-state index contributed by atoms with van der Waals surface area (Å²) in [6, 6.07) is 4.04. The fourth-order valence-corrected chi connectivity index (χ4v) is 8.02. The highest BCUT2D eigenvalue weighted by molar-refractivity contribution is 6.23. The quantitative estimate of drug-likeness (QED) is 0.0546. The third kappa shape index (κ3) is 11.7. The molecule has 8 atom stereocenters. The van der Waals surface area contributed by atoms with Crippen LogP contribution in [0.5, 0.6) is 0 Å². The maximum Gasteiger partial charge on any atom is 0.405 e. The molecule has 0 saturated carbocycles. The molecule has 5 amide bonds. The summed E-state index contributed by atoms with van der Waals surface area (Å²) >= 11 is 0. The van der Waals surface area contributed by atoms with Crippen LogP contribution >= 0.6 is 0 Å². The zero-order chi connectivity index (χ0) is 46.1. The number of nitrogens with two attached hydrogens (primary N) is 1. The molecule has 2 unspecified atom stereocenters. The zero-order valence-electron chi connectivity index (χ0n) is 36.1. The van der Waals surface area contributed by atoms with Crippen molar-refractivity contribution in [3.63, 3.8) is 0 Å². The third-order valence-electron chi connectivity index (χ3n) is 11.3. The number of carbonyl (C=O) groups excluding carboxylic acids is 7. The van der Waals surface area contributed by atoms with Crippen molar-refractivity contribution in [1.29, 1.82) is 0 Å². The van der Waals surface area contributed by atoms with Crippen molar-refractivity contribution in [2.45, 2.75) is 96.8 Å². The lowest BCUT2D eigenvalue weighted by atomic mass is 9.85. The van der Waals surface area contributed by atoms with Gasteiger partial charge in [-0.05, 0) is 56.7 Å². The van der Waals surface area contributed by atoms with Gasteiger partial charge in [-0.15, -0.1) is 0 Å². The van der Waals surface area contributed by atoms with E-state index in [1.165, 1.54) is 38.2 Å². The van der Waals surface area contributed by atoms with Gasteiger partial charge in [-0.3, -0.25) is 34.1 Å². The van der Waals surface area contributed by atoms with E-state index in [9.17, 15) is 43.8 Å². The van der Waals surface area contributed by atoms with Crippen molar-refractivity contribution in [3.05, 3.63) is 87.8 Å². The summed E-state index contributed by atoms with van der Waals surface area (Å²) in [5.41, 5.74) is 7.16. The predicted octanol–water partition coefficient (Wildman–Crippen LogP) is 1.52. The zero-order valence-corrected chi connectivity index (χ0v) is 36.1. The summed E-state index contributed by atoms with van der Waals surface area (Å²) in [5, 5.41) is 32.9. The van der Waals surface area contributed by atoms with Gasteiger partial charge in [0.05, 0.1) is 30.2 Å². The lowest BCUT2D eigenvalue weighted by Gasteiger charge is -2.30. The first-order valence-electron chi connectivity index (χ1n) is 20.6. The van der Waals surface area contributed by atoms with Crippen LogP contribution in [0.1, 0.15) is 69.3 Å². The van der Waals surface area contributed by atoms with E-state index >= 15 is 0 Å². The molecule has 0 aromatic heterocycles. The molecular weight excluding hydrogens is 821 g/mol. The minimum absolute atomic E-state index is 0.0301. The lowest BCUT2D eigenvalue weighted by molar-refractivity contribution is -0.137. The van der Waals surface area contributed by atoms with Crippen molar-refractivity contribution in [1.82, 2.24) is 20.9 Å². The number of allylic oxidation sites excluding steroid dienone is 4. The van der Waals surface area contributed by atoms with E-state index in [2.05, 4.69) is 21.3 Å². The molecular formula is C44H56N6O13. The van der Waals surface area contributed by atoms with Gasteiger partial charge in [0.25, 0.3) is 11.8 Å². The van der Waals surface area contributed by atoms with Gasteiger partial charge in [-0.2, -0.15) is 0 Å². The summed E-state index contributed by atoms with van der Waals surface area (Å²) in [5.74, 6) is -4.07. The molecule has 1 aromatic rings. The number of carbonyl (C=O) groups is 7. The van der Waals surface area contributed by atoms with E-state index in [4.69, 9.17) is 24.7 Å². The number of piperidine rings is 1. The molecule has 340 valence electrons. The Balaban J connectivity index is 1.32. The smallest absolute Gasteiger partial charge is 0.405 e. The number of ether oxygens (including phenoxy) is 4. The Kier molecular flexibility index (Phi) is 16.3. The first-order valence-corrected chi connectivity index (χ1v) is 20.6. The highest BCUT2D eigenvalue weighted by Crippen LogP contribution is 2.33. The van der Waals surface area contributed by atoms with Crippen LogP contribution < -0.4 is 27.0 Å². The Morgan fingerprint density at radius 1 is 1.06 bits per heavy atom. The molecule has 0 spiro atoms. The van der Waals surface area contributed by atoms with Crippen molar-refractivity contribution in [2.24, 2.45) is 17.6 Å². The number of primary amides is 1. The topological polar surface area (TPSA) is 274 Å². The van der Waals surface area contributed by atoms with E-state index in [1.54, 1.807) is 44.2 Å². The minimum atomic E-state index is -1.58. The number of hydrogen-bond donors (Lipinski definition) is 7. The lowest BCUT2D eigenvalue weighted by Crippen LogP contribution is -2.52. The second kappa shape index (κ2) is 21.4. The van der Waals surface area contributed by atoms with Crippen LogP contribution in [0.3, 0.4) is 0 Å². The number of Topliss-reactive ketones (excluding diaryl/α,β-unsaturated/α-hetero) is 1. The minimum Gasteiger partial charge on any atom is -0.439 e. The molecule has 1 aromatic carbocycles. The molecule has 1 aliphatic carbocycles. The number of nitrogens with one attached hydrogen (secondary N) is 4. The number of nitrogens with zero attached hydrogens (tertiary/aromatic N) is 1. The number of hydrogen-bond acceptors (Lipinski definition) is 15. The number of aliphatic hydroxyl groups is 2. The summed E-state index contributed by atoms with van der Waals surface area (Å²) < 4.78 is 22.3. The van der Waals surface area contributed by atoms with Gasteiger partial charge in [-0.1, -0.05) is 44.2 Å². The summed E-state index contributed by atoms with van der Waals surface area (Å²) in [6.07, 6.45) is 1.62. The number of anilines is 1. The van der Waals surface area contributed by atoms with Gasteiger partial charge in [0.1, 0.15) is 12.1 Å². The molecule has 8 N–H and O–H groups in total. The molecule has 1 saturated heterocycles. The molecule has 2 bridgehead atoms. The average molecular weight is 877 g/mol. The molecule has 63 heavy (non-hydrogen) atoms. The van der Waals surface area contributed by atoms with Crippen LogP contribution in [0, 0.1) is 11.8 Å². The van der Waals surface area contributed by atoms with Gasteiger partial charge in [-0.25, -0.2) is 4.79 Å². The van der Waals surface area contributed by atoms with Crippen molar-refractivity contribution >= 4 is 47.0 Å². The molecule has 3 heterocycles. The van der Waals surface area contributed by atoms with E-state index in [0.717, 1.165) is 6.08 Å². The molecule has 3 aliphatic heterocycles. The van der Waals surface area contributed by atoms with E-state index in [-0.39, 0.29) is 79.7 Å². The molecule has 4 aliphatic rings. The van der Waals surface area contributed by atoms with Crippen LogP contribution in [-0.4, -0.2) is 121 Å². The van der Waals surface area contributed by atoms with Crippen LogP contribution in [0.2, 0.25) is 0 Å². The fourth-order valence-electron chi connectivity index (χ4n) is 8.02. The van der Waals surface area contributed by atoms with Crippen molar-refractivity contribution in [2.75, 3.05) is 32.7 Å². The average Bonchev–Trinajstić information content (AvgIpc) is 3.57. The Bertz CT molecular complexity index is 2140. The normalized spacial score (nSPS) is 29.0. The predicted molar refractivity (Wildman–Crippen MR) is 226 cm³/mol. The maximum absolute atomic E-state index is 14.1. The van der Waals surface area contributed by atoms with Crippen LogP contribution in [0.4, 0.5) is 10.5 Å². The Labute approximate surface area is 364 Å². The monoisotopic (exact) mass is 876 g/mol. The number of benzene rings is 1. The number of imide groups is 1. The van der Waals surface area contributed by atoms with E-state index in [0.29, 0.717) is 22.4 Å². The first-order chi connectivity index (χ1) is 29.9. The number of aliphatic hydroxyl groups excluding tert-OH is 2. The highest BCUT2D eigenvalue weighted by Gasteiger charge is 2.40. The van der Waals surface area contributed by atoms with Crippen molar-refractivity contribution in [3.8, 4) is 0 Å². The number of amides is 5. The summed E-state index contributed by atoms with van der Waals surface area (Å²) in [6.45, 7) is 6.65. The number of ketones is 2. The van der Waals surface area contributed by atoms with Gasteiger partial charge in [0, 0.05) is 73.7 Å². The standard InChI is InChI=1S/C44H56N6O13/c1-22-17-27-36(46-15-16-62-44(59)48-29-11-8-10-26-28(29)21-50(42(26)57)31-13-14-35(52)49-41(31)56)32(51)20-30(38(27)54)47-40(55)23(2)9-7-12-33(60-5)39(63-43(45)58)25(4)19-24(3)37(53)34(18-22)61-6/h7-12,19-20,22,24,31,33-34,37,39,44,46,48,53,59H,13-18,21H2,1-6H3,(H2,45,58)(H,47,55)(H,49,52,56)/b12-7-,23-9+,25-19+/t22-,24+,31?,33+,34+,37+,39+,44?/m1/s1. The second-order valence-corrected chi connectivity index (χ2v) is 16.0. The van der Waals surface area contributed by atoms with Gasteiger partial charge in [0.2, 0.25) is 29.8 Å². The van der Waals surface area contributed by atoms with Crippen LogP contribution in [-0.2, 0) is 49.5 Å². The first kappa shape index (κ1) is 48.0. The molecule has 5 rings (SSSR count). The highest BCUT2D eigenvalue weighted by atomic mass is 16.6. The van der Waals surface area contributed by atoms with E-state index in [1.807, 2.05) is 6.92 Å². The van der Waals surface area contributed by atoms with E-state index < -0.39 is 78.2 Å². The van der Waals surface area contributed by atoms with Gasteiger partial charge < -0.3 is 55.7 Å². The third-order valence-corrected chi connectivity index (χ3v) is 11.3. The van der Waals surface area contributed by atoms with Gasteiger partial charge >= 0.3 is 6.09 Å². The maximum atomic E-state index is 14.1. The summed E-state index contributed by atoms with van der Waals surface area (Å²) in [4.78, 5) is 91.7. The van der Waals surface area contributed by atoms with Gasteiger partial charge in [0.15, 0.2) is 6.10 Å². The Morgan fingerprint density at radius 3 is 2.49 bits per heavy atom. The summed E-state index contributed by atoms with van der Waals surface area (Å²) in [7, 11) is 2.85. The molecule has 1 fully saturated rings. The van der Waals surface area contributed by atoms with Crippen LogP contribution in [0.15, 0.2) is 76.7 Å². The Hall–Kier alpha value is -5.99. The second-order valence-electron chi connectivity index (χ2n) is 16.0. The number of rotatable bonds is 11. The Morgan fingerprint density at radius 2 is 1.81 bits per heavy atom. The van der Waals surface area contributed by atoms with Crippen molar-refractivity contribution < 1.29 is 62.7 Å². The number of fused-ring (bicyclic) bond motifs is 3. The number of methoxy groups -OCH3 is 2. The SMILES string of the molecule is CO[C@H]1/C=C\C=C(/C)C(=O)NC2=CC(=O)C(NCCOC(O)Nc3cccc4c3CN(C3CCC(=O)NC3=O)C4=O)=C(C[C@@H](C)C[C@H](OC)[C@@H](O)[C@@H](C)/C=C(\C)[C@@H]1OC(N)=O)C2=O. The molecule has 0 radical (unpaired) electrons. The fraction of sp³-hybridized carbons (Fsp3) is 0.477. The largest absolute Gasteiger partial charge is 0.439 e. The van der Waals surface area contributed by atoms with Crippen LogP contribution in [0.25, 0.3) is 0 Å². The molecule has 19 heteroatoms.